The second-order valence-electron chi connectivity index (χ2n) is 2.85. The van der Waals surface area contributed by atoms with E-state index in [9.17, 15) is 4.79 Å². The van der Waals surface area contributed by atoms with E-state index in [1.807, 2.05) is 12.3 Å². The molecule has 72 valence electrons. The monoisotopic (exact) mass is 207 g/mol. The number of hydrogen-bond donors (Lipinski definition) is 2. The summed E-state index contributed by atoms with van der Waals surface area (Å²) in [5, 5.41) is 5.24. The first-order valence-corrected chi connectivity index (χ1v) is 5.00. The van der Waals surface area contributed by atoms with E-state index in [1.54, 1.807) is 18.5 Å². The van der Waals surface area contributed by atoms with Gasteiger partial charge in [-0.3, -0.25) is 10.1 Å². The van der Waals surface area contributed by atoms with Crippen LogP contribution in [0.4, 0.5) is 5.13 Å². The van der Waals surface area contributed by atoms with E-state index in [1.165, 1.54) is 11.3 Å². The Morgan fingerprint density at radius 3 is 3.07 bits per heavy atom. The summed E-state index contributed by atoms with van der Waals surface area (Å²) in [6.45, 7) is 1.89. The van der Waals surface area contributed by atoms with Crippen molar-refractivity contribution in [2.45, 2.75) is 6.92 Å². The van der Waals surface area contributed by atoms with Crippen LogP contribution in [0.25, 0.3) is 0 Å². The van der Waals surface area contributed by atoms with Crippen molar-refractivity contribution in [1.82, 2.24) is 9.97 Å². The van der Waals surface area contributed by atoms with Gasteiger partial charge in [0.05, 0.1) is 11.3 Å². The van der Waals surface area contributed by atoms with Crippen LogP contribution in [0.15, 0.2) is 23.8 Å². The molecule has 2 N–H and O–H groups in total. The maximum Gasteiger partial charge on any atom is 0.258 e. The van der Waals surface area contributed by atoms with Gasteiger partial charge in [-0.1, -0.05) is 0 Å². The topological polar surface area (TPSA) is 57.8 Å². The van der Waals surface area contributed by atoms with Crippen LogP contribution in [0.5, 0.6) is 0 Å². The Morgan fingerprint density at radius 2 is 2.50 bits per heavy atom. The van der Waals surface area contributed by atoms with E-state index in [-0.39, 0.29) is 5.91 Å². The third-order valence-corrected chi connectivity index (χ3v) is 2.58. The molecule has 5 heteroatoms. The number of aromatic nitrogens is 2. The number of rotatable bonds is 2. The van der Waals surface area contributed by atoms with Crippen molar-refractivity contribution < 1.29 is 4.79 Å². The number of anilines is 1. The minimum atomic E-state index is -0.138. The van der Waals surface area contributed by atoms with Crippen LogP contribution >= 0.6 is 11.3 Å². The van der Waals surface area contributed by atoms with Gasteiger partial charge in [-0.25, -0.2) is 4.98 Å². The zero-order valence-electron chi connectivity index (χ0n) is 7.57. The number of amides is 1. The summed E-state index contributed by atoms with van der Waals surface area (Å²) in [7, 11) is 0. The maximum absolute atomic E-state index is 11.5. The van der Waals surface area contributed by atoms with Gasteiger partial charge in [-0.05, 0) is 13.0 Å². The largest absolute Gasteiger partial charge is 0.367 e. The molecule has 0 spiro atoms. The Kier molecular flexibility index (Phi) is 2.32. The highest BCUT2D eigenvalue weighted by molar-refractivity contribution is 7.13. The van der Waals surface area contributed by atoms with Crippen molar-refractivity contribution in [3.8, 4) is 0 Å². The molecule has 14 heavy (non-hydrogen) atoms. The molecular weight excluding hydrogens is 198 g/mol. The lowest BCUT2D eigenvalue weighted by atomic mass is 10.3. The Morgan fingerprint density at radius 1 is 1.64 bits per heavy atom. The molecule has 0 aliphatic heterocycles. The Labute approximate surface area is 85.0 Å². The van der Waals surface area contributed by atoms with Crippen molar-refractivity contribution in [2.24, 2.45) is 0 Å². The molecule has 0 radical (unpaired) electrons. The highest BCUT2D eigenvalue weighted by Crippen LogP contribution is 2.15. The summed E-state index contributed by atoms with van der Waals surface area (Å²) in [5.74, 6) is -0.138. The highest BCUT2D eigenvalue weighted by Gasteiger charge is 2.07. The highest BCUT2D eigenvalue weighted by atomic mass is 32.1. The lowest BCUT2D eigenvalue weighted by Gasteiger charge is -1.97. The number of carbonyl (C=O) groups is 1. The molecule has 0 aliphatic carbocycles. The normalized spacial score (nSPS) is 10.1. The first kappa shape index (κ1) is 8.96. The van der Waals surface area contributed by atoms with Crippen LogP contribution in [-0.2, 0) is 0 Å². The molecule has 4 nitrogen and oxygen atoms in total. The van der Waals surface area contributed by atoms with Gasteiger partial charge in [0, 0.05) is 17.8 Å². The van der Waals surface area contributed by atoms with Crippen LogP contribution < -0.4 is 5.32 Å². The Bertz CT molecular complexity index is 433. The molecule has 0 aromatic carbocycles. The molecule has 0 fully saturated rings. The maximum atomic E-state index is 11.5. The quantitative estimate of drug-likeness (QED) is 0.791. The predicted octanol–water partition coefficient (Wildman–Crippen LogP) is 2.03. The molecule has 0 atom stereocenters. The minimum absolute atomic E-state index is 0.138. The first-order valence-electron chi connectivity index (χ1n) is 4.12. The SMILES string of the molecule is Cc1csc(NC(=O)c2cc[nH]c2)n1. The number of nitrogens with zero attached hydrogens (tertiary/aromatic N) is 1. The van der Waals surface area contributed by atoms with Gasteiger partial charge < -0.3 is 4.98 Å². The molecule has 2 rings (SSSR count). The van der Waals surface area contributed by atoms with Gasteiger partial charge in [0.2, 0.25) is 0 Å². The third-order valence-electron chi connectivity index (χ3n) is 1.70. The first-order chi connectivity index (χ1) is 6.75. The van der Waals surface area contributed by atoms with E-state index < -0.39 is 0 Å². The molecule has 2 aromatic rings. The van der Waals surface area contributed by atoms with Crippen LogP contribution in [0.1, 0.15) is 16.1 Å². The Balaban J connectivity index is 2.09. The molecule has 1 amide bonds. The molecule has 0 bridgehead atoms. The smallest absolute Gasteiger partial charge is 0.258 e. The minimum Gasteiger partial charge on any atom is -0.367 e. The summed E-state index contributed by atoms with van der Waals surface area (Å²) in [5.41, 5.74) is 1.53. The second-order valence-corrected chi connectivity index (χ2v) is 3.71. The van der Waals surface area contributed by atoms with Crippen molar-refractivity contribution in [1.29, 1.82) is 0 Å². The molecule has 0 saturated carbocycles. The number of carbonyl (C=O) groups excluding carboxylic acids is 1. The number of H-pyrrole nitrogens is 1. The molecule has 0 saturated heterocycles. The predicted molar refractivity (Wildman–Crippen MR) is 55.6 cm³/mol. The Hall–Kier alpha value is -1.62. The summed E-state index contributed by atoms with van der Waals surface area (Å²) < 4.78 is 0. The van der Waals surface area contributed by atoms with Crippen LogP contribution in [0.2, 0.25) is 0 Å². The number of nitrogens with one attached hydrogen (secondary N) is 2. The van der Waals surface area contributed by atoms with Crippen molar-refractivity contribution in [3.63, 3.8) is 0 Å². The molecule has 0 aliphatic rings. The average Bonchev–Trinajstić information content (AvgIpc) is 2.75. The van der Waals surface area contributed by atoms with Gasteiger partial charge in [0.15, 0.2) is 5.13 Å². The average molecular weight is 207 g/mol. The third kappa shape index (κ3) is 1.82. The lowest BCUT2D eigenvalue weighted by Crippen LogP contribution is -2.10. The molecular formula is C9H9N3OS. The number of thiazole rings is 1. The van der Waals surface area contributed by atoms with Crippen LogP contribution in [0.3, 0.4) is 0 Å². The standard InChI is InChI=1S/C9H9N3OS/c1-6-5-14-9(11-6)12-8(13)7-2-3-10-4-7/h2-5,10H,1H3,(H,11,12,13). The molecule has 2 aromatic heterocycles. The number of aromatic amines is 1. The van der Waals surface area contributed by atoms with E-state index >= 15 is 0 Å². The van der Waals surface area contributed by atoms with Crippen LogP contribution in [0, 0.1) is 6.92 Å². The molecule has 0 unspecified atom stereocenters. The van der Waals surface area contributed by atoms with Gasteiger partial charge in [0.25, 0.3) is 5.91 Å². The summed E-state index contributed by atoms with van der Waals surface area (Å²) in [6, 6.07) is 1.72. The van der Waals surface area contributed by atoms with Gasteiger partial charge in [-0.2, -0.15) is 0 Å². The van der Waals surface area contributed by atoms with E-state index in [4.69, 9.17) is 0 Å². The fraction of sp³-hybridized carbons (Fsp3) is 0.111. The van der Waals surface area contributed by atoms with E-state index in [0.717, 1.165) is 5.69 Å². The summed E-state index contributed by atoms with van der Waals surface area (Å²) >= 11 is 1.42. The van der Waals surface area contributed by atoms with Crippen LogP contribution in [-0.4, -0.2) is 15.9 Å². The number of aryl methyl sites for hydroxylation is 1. The van der Waals surface area contributed by atoms with E-state index in [0.29, 0.717) is 10.7 Å². The van der Waals surface area contributed by atoms with Crippen molar-refractivity contribution >= 4 is 22.4 Å². The zero-order valence-corrected chi connectivity index (χ0v) is 8.39. The second kappa shape index (κ2) is 3.63. The van der Waals surface area contributed by atoms with Crippen molar-refractivity contribution in [3.05, 3.63) is 35.1 Å². The van der Waals surface area contributed by atoms with Gasteiger partial charge in [0.1, 0.15) is 0 Å². The van der Waals surface area contributed by atoms with E-state index in [2.05, 4.69) is 15.3 Å². The van der Waals surface area contributed by atoms with Gasteiger partial charge >= 0.3 is 0 Å². The molecule has 2 heterocycles. The zero-order chi connectivity index (χ0) is 9.97. The fourth-order valence-electron chi connectivity index (χ4n) is 1.05. The summed E-state index contributed by atoms with van der Waals surface area (Å²) in [4.78, 5) is 18.5. The van der Waals surface area contributed by atoms with Gasteiger partial charge in [-0.15, -0.1) is 11.3 Å². The fourth-order valence-corrected chi connectivity index (χ4v) is 1.73. The summed E-state index contributed by atoms with van der Waals surface area (Å²) in [6.07, 6.45) is 3.36. The number of hydrogen-bond acceptors (Lipinski definition) is 3. The lowest BCUT2D eigenvalue weighted by molar-refractivity contribution is 0.102. The van der Waals surface area contributed by atoms with Crippen molar-refractivity contribution in [2.75, 3.05) is 5.32 Å².